The smallest absolute Gasteiger partial charge is 0.313 e. The van der Waals surface area contributed by atoms with Gasteiger partial charge in [-0.2, -0.15) is 0 Å². The molecule has 3 rings (SSSR count). The second-order valence-corrected chi connectivity index (χ2v) is 6.01. The van der Waals surface area contributed by atoms with Crippen molar-refractivity contribution in [1.82, 2.24) is 4.98 Å². The highest BCUT2D eigenvalue weighted by molar-refractivity contribution is 5.94. The molecule has 2 aromatic rings. The molecule has 0 atom stereocenters. The van der Waals surface area contributed by atoms with E-state index in [2.05, 4.69) is 4.98 Å². The first-order valence-corrected chi connectivity index (χ1v) is 8.12. The summed E-state index contributed by atoms with van der Waals surface area (Å²) in [6.45, 7) is 1.23. The van der Waals surface area contributed by atoms with Crippen molar-refractivity contribution in [3.8, 4) is 11.1 Å². The number of pyridine rings is 1. The van der Waals surface area contributed by atoms with Crippen molar-refractivity contribution in [2.75, 3.05) is 18.0 Å². The van der Waals surface area contributed by atoms with Crippen LogP contribution in [0.15, 0.2) is 30.5 Å². The highest BCUT2D eigenvalue weighted by Gasteiger charge is 2.21. The fourth-order valence-electron chi connectivity index (χ4n) is 2.62. The van der Waals surface area contributed by atoms with Crippen LogP contribution < -0.4 is 10.6 Å². The lowest BCUT2D eigenvalue weighted by atomic mass is 10.0. The lowest BCUT2D eigenvalue weighted by Gasteiger charge is -2.32. The molecule has 1 aliphatic heterocycles. The third-order valence-electron chi connectivity index (χ3n) is 4.09. The van der Waals surface area contributed by atoms with Crippen LogP contribution in [0.4, 0.5) is 14.6 Å². The molecule has 136 valence electrons. The number of esters is 1. The summed E-state index contributed by atoms with van der Waals surface area (Å²) in [5.74, 6) is -1.88. The van der Waals surface area contributed by atoms with Crippen molar-refractivity contribution in [2.24, 2.45) is 5.73 Å². The van der Waals surface area contributed by atoms with Crippen LogP contribution in [-0.2, 0) is 16.1 Å². The van der Waals surface area contributed by atoms with E-state index in [1.807, 2.05) is 4.90 Å². The second kappa shape index (κ2) is 7.47. The Hall–Kier alpha value is -3.03. The number of benzene rings is 1. The quantitative estimate of drug-likeness (QED) is 0.469. The summed E-state index contributed by atoms with van der Waals surface area (Å²) >= 11 is 0. The summed E-state index contributed by atoms with van der Waals surface area (Å²) in [6.07, 6.45) is 2.08. The molecular weight excluding hydrogens is 342 g/mol. The summed E-state index contributed by atoms with van der Waals surface area (Å²) in [5.41, 5.74) is 5.74. The van der Waals surface area contributed by atoms with Crippen molar-refractivity contribution < 1.29 is 18.3 Å². The van der Waals surface area contributed by atoms with Crippen LogP contribution in [-0.4, -0.2) is 29.9 Å². The maximum absolute atomic E-state index is 14.7. The molecule has 1 aliphatic rings. The molecule has 26 heavy (non-hydrogen) atoms. The molecule has 0 aliphatic carbocycles. The van der Waals surface area contributed by atoms with Gasteiger partial charge < -0.3 is 15.4 Å². The number of halogens is 2. The topological polar surface area (TPSA) is 92.3 Å². The predicted molar refractivity (Wildman–Crippen MR) is 92.7 cm³/mol. The summed E-state index contributed by atoms with van der Waals surface area (Å²) in [5, 5.41) is 7.04. The maximum atomic E-state index is 14.7. The van der Waals surface area contributed by atoms with Gasteiger partial charge in [-0.25, -0.2) is 13.8 Å². The van der Waals surface area contributed by atoms with Crippen molar-refractivity contribution in [3.05, 3.63) is 47.7 Å². The van der Waals surface area contributed by atoms with Crippen LogP contribution in [0, 0.1) is 17.0 Å². The lowest BCUT2D eigenvalue weighted by molar-refractivity contribution is -0.143. The van der Waals surface area contributed by atoms with E-state index in [0.29, 0.717) is 5.56 Å². The van der Waals surface area contributed by atoms with Gasteiger partial charge in [-0.1, -0.05) is 18.2 Å². The highest BCUT2D eigenvalue weighted by atomic mass is 19.1. The second-order valence-electron chi connectivity index (χ2n) is 6.01. The van der Waals surface area contributed by atoms with Gasteiger partial charge in [-0.15, -0.1) is 0 Å². The number of nitrogens with one attached hydrogen (secondary N) is 1. The first kappa shape index (κ1) is 17.8. The monoisotopic (exact) mass is 360 g/mol. The minimum Gasteiger partial charge on any atom is -0.460 e. The van der Waals surface area contributed by atoms with Gasteiger partial charge in [-0.3, -0.25) is 10.2 Å². The fourth-order valence-corrected chi connectivity index (χ4v) is 2.62. The number of anilines is 1. The molecule has 8 heteroatoms. The molecule has 1 aromatic heterocycles. The van der Waals surface area contributed by atoms with Gasteiger partial charge >= 0.3 is 5.97 Å². The van der Waals surface area contributed by atoms with Crippen molar-refractivity contribution in [1.29, 1.82) is 5.41 Å². The zero-order valence-electron chi connectivity index (χ0n) is 14.0. The summed E-state index contributed by atoms with van der Waals surface area (Å²) < 4.78 is 33.9. The fraction of sp³-hybridized carbons (Fsp3) is 0.278. The van der Waals surface area contributed by atoms with Crippen LogP contribution in [0.1, 0.15) is 18.4 Å². The minimum absolute atomic E-state index is 0.145. The number of hydrogen-bond donors (Lipinski definition) is 2. The molecule has 2 heterocycles. The number of carbonyl (C=O) groups excluding carboxylic acids is 1. The van der Waals surface area contributed by atoms with Crippen molar-refractivity contribution in [2.45, 2.75) is 19.4 Å². The number of amidine groups is 1. The molecular formula is C18H18F2N4O2. The summed E-state index contributed by atoms with van der Waals surface area (Å²) in [6, 6.07) is 5.83. The first-order valence-electron chi connectivity index (χ1n) is 8.12. The average Bonchev–Trinajstić information content (AvgIpc) is 2.53. The van der Waals surface area contributed by atoms with Gasteiger partial charge in [0.2, 0.25) is 0 Å². The van der Waals surface area contributed by atoms with Gasteiger partial charge in [-0.05, 0) is 12.5 Å². The Labute approximate surface area is 149 Å². The Morgan fingerprint density at radius 3 is 2.73 bits per heavy atom. The zero-order chi connectivity index (χ0) is 18.7. The number of ether oxygens (including phenoxy) is 1. The molecule has 6 nitrogen and oxygen atoms in total. The third kappa shape index (κ3) is 3.79. The number of nitrogens with zero attached hydrogens (tertiary/aromatic N) is 2. The number of rotatable bonds is 6. The predicted octanol–water partition coefficient (Wildman–Crippen LogP) is 2.61. The lowest BCUT2D eigenvalue weighted by Crippen LogP contribution is -2.38. The Kier molecular flexibility index (Phi) is 5.11. The molecule has 1 saturated heterocycles. The van der Waals surface area contributed by atoms with Crippen LogP contribution in [0.3, 0.4) is 0 Å². The van der Waals surface area contributed by atoms with Crippen molar-refractivity contribution in [3.63, 3.8) is 0 Å². The van der Waals surface area contributed by atoms with Gasteiger partial charge in [0.25, 0.3) is 0 Å². The molecule has 1 aromatic carbocycles. The Bertz CT molecular complexity index is 853. The molecule has 0 bridgehead atoms. The van der Waals surface area contributed by atoms with Crippen molar-refractivity contribution >= 4 is 17.6 Å². The van der Waals surface area contributed by atoms with E-state index in [0.717, 1.165) is 19.5 Å². The zero-order valence-corrected chi connectivity index (χ0v) is 14.0. The van der Waals surface area contributed by atoms with Gasteiger partial charge in [0, 0.05) is 36.0 Å². The normalized spacial score (nSPS) is 13.2. The largest absolute Gasteiger partial charge is 0.460 e. The molecule has 0 unspecified atom stereocenters. The first-order chi connectivity index (χ1) is 12.5. The molecule has 0 radical (unpaired) electrons. The summed E-state index contributed by atoms with van der Waals surface area (Å²) in [4.78, 5) is 17.4. The molecule has 0 saturated carbocycles. The van der Waals surface area contributed by atoms with E-state index in [1.165, 1.54) is 24.4 Å². The van der Waals surface area contributed by atoms with Crippen LogP contribution in [0.5, 0.6) is 0 Å². The standard InChI is InChI=1S/C18H18F2N4O2/c19-14-7-12(9-23-18(14)24-5-2-6-24)13-4-1-3-11(17(13)20)10-26-16(25)8-15(21)22/h1,3-4,7,9H,2,5-6,8,10H2,(H3,21,22). The van der Waals surface area contributed by atoms with Gasteiger partial charge in [0.05, 0.1) is 0 Å². The van der Waals surface area contributed by atoms with Gasteiger partial charge in [0.1, 0.15) is 24.7 Å². The SMILES string of the molecule is N=C(N)CC(=O)OCc1cccc(-c2cnc(N3CCC3)c(F)c2)c1F. The van der Waals surface area contributed by atoms with Crippen LogP contribution in [0.2, 0.25) is 0 Å². The van der Waals surface area contributed by atoms with Crippen LogP contribution in [0.25, 0.3) is 11.1 Å². The van der Waals surface area contributed by atoms with E-state index in [1.54, 1.807) is 6.07 Å². The molecule has 3 N–H and O–H groups in total. The number of nitrogens with two attached hydrogens (primary N) is 1. The third-order valence-corrected chi connectivity index (χ3v) is 4.09. The Morgan fingerprint density at radius 1 is 1.35 bits per heavy atom. The number of carbonyl (C=O) groups is 1. The average molecular weight is 360 g/mol. The van der Waals surface area contributed by atoms with E-state index in [-0.39, 0.29) is 35.8 Å². The Balaban J connectivity index is 1.79. The van der Waals surface area contributed by atoms with E-state index < -0.39 is 17.6 Å². The van der Waals surface area contributed by atoms with E-state index >= 15 is 0 Å². The van der Waals surface area contributed by atoms with Crippen LogP contribution >= 0.6 is 0 Å². The number of aromatic nitrogens is 1. The Morgan fingerprint density at radius 2 is 2.12 bits per heavy atom. The maximum Gasteiger partial charge on any atom is 0.313 e. The molecule has 1 fully saturated rings. The minimum atomic E-state index is -0.714. The molecule has 0 amide bonds. The van der Waals surface area contributed by atoms with Gasteiger partial charge in [0.15, 0.2) is 11.6 Å². The summed E-state index contributed by atoms with van der Waals surface area (Å²) in [7, 11) is 0. The highest BCUT2D eigenvalue weighted by Crippen LogP contribution is 2.29. The van der Waals surface area contributed by atoms with E-state index in [9.17, 15) is 13.6 Å². The molecule has 0 spiro atoms. The number of hydrogen-bond acceptors (Lipinski definition) is 5. The van der Waals surface area contributed by atoms with E-state index in [4.69, 9.17) is 15.9 Å².